The van der Waals surface area contributed by atoms with Crippen molar-refractivity contribution in [1.82, 2.24) is 4.90 Å². The molecule has 0 saturated carbocycles. The Kier molecular flexibility index (Phi) is 3.47. The summed E-state index contributed by atoms with van der Waals surface area (Å²) in [5.41, 5.74) is 0.493. The highest BCUT2D eigenvalue weighted by Gasteiger charge is 2.27. The van der Waals surface area contributed by atoms with Crippen LogP contribution in [0.25, 0.3) is 0 Å². The van der Waals surface area contributed by atoms with Gasteiger partial charge in [0.1, 0.15) is 5.75 Å². The highest BCUT2D eigenvalue weighted by atomic mass is 79.9. The summed E-state index contributed by atoms with van der Waals surface area (Å²) in [5.74, 6) is 0.326. The molecule has 90 valence electrons. The fourth-order valence-electron chi connectivity index (χ4n) is 1.82. The number of rotatable bonds is 2. The first-order chi connectivity index (χ1) is 8.13. The first-order valence-corrected chi connectivity index (χ1v) is 6.11. The predicted molar refractivity (Wildman–Crippen MR) is 66.0 cm³/mol. The van der Waals surface area contributed by atoms with Crippen LogP contribution in [-0.2, 0) is 4.79 Å². The molecule has 0 unspecified atom stereocenters. The summed E-state index contributed by atoms with van der Waals surface area (Å²) in [5, 5.41) is 0. The van der Waals surface area contributed by atoms with Gasteiger partial charge in [0.05, 0.1) is 11.6 Å². The van der Waals surface area contributed by atoms with E-state index in [-0.39, 0.29) is 11.8 Å². The quantitative estimate of drug-likeness (QED) is 0.787. The van der Waals surface area contributed by atoms with Gasteiger partial charge in [0, 0.05) is 18.5 Å². The van der Waals surface area contributed by atoms with Gasteiger partial charge in [-0.3, -0.25) is 14.5 Å². The fourth-order valence-corrected chi connectivity index (χ4v) is 2.36. The smallest absolute Gasteiger partial charge is 0.260 e. The van der Waals surface area contributed by atoms with E-state index in [0.717, 1.165) is 6.42 Å². The topological polar surface area (TPSA) is 46.6 Å². The largest absolute Gasteiger partial charge is 0.496 e. The second-order valence-corrected chi connectivity index (χ2v) is 4.66. The standard InChI is InChI=1S/C12H12BrNO3/c1-17-10-5-4-8(7-9(10)13)12(16)14-6-2-3-11(14)15/h4-5,7H,2-3,6H2,1H3. The number of hydrogen-bond donors (Lipinski definition) is 0. The van der Waals surface area contributed by atoms with Crippen LogP contribution < -0.4 is 4.74 Å². The Labute approximate surface area is 108 Å². The molecule has 1 aromatic carbocycles. The lowest BCUT2D eigenvalue weighted by molar-refractivity contribution is -0.125. The van der Waals surface area contributed by atoms with E-state index in [1.54, 1.807) is 25.3 Å². The molecule has 1 fully saturated rings. The molecule has 2 amide bonds. The third kappa shape index (κ3) is 2.34. The molecule has 1 saturated heterocycles. The molecule has 0 spiro atoms. The molecule has 1 aliphatic rings. The van der Waals surface area contributed by atoms with Gasteiger partial charge in [-0.05, 0) is 40.5 Å². The van der Waals surface area contributed by atoms with Crippen molar-refractivity contribution in [1.29, 1.82) is 0 Å². The van der Waals surface area contributed by atoms with Gasteiger partial charge < -0.3 is 4.74 Å². The number of ether oxygens (including phenoxy) is 1. The molecule has 0 bridgehead atoms. The number of imide groups is 1. The lowest BCUT2D eigenvalue weighted by Gasteiger charge is -2.14. The van der Waals surface area contributed by atoms with E-state index in [4.69, 9.17) is 4.74 Å². The number of methoxy groups -OCH3 is 1. The average Bonchev–Trinajstić information content (AvgIpc) is 2.74. The number of likely N-dealkylation sites (tertiary alicyclic amines) is 1. The van der Waals surface area contributed by atoms with Crippen molar-refractivity contribution in [3.05, 3.63) is 28.2 Å². The Morgan fingerprint density at radius 2 is 2.24 bits per heavy atom. The number of benzene rings is 1. The zero-order valence-corrected chi connectivity index (χ0v) is 11.0. The maximum Gasteiger partial charge on any atom is 0.260 e. The Morgan fingerprint density at radius 3 is 2.76 bits per heavy atom. The van der Waals surface area contributed by atoms with E-state index in [1.807, 2.05) is 0 Å². The first-order valence-electron chi connectivity index (χ1n) is 5.31. The second-order valence-electron chi connectivity index (χ2n) is 3.80. The molecule has 4 nitrogen and oxygen atoms in total. The van der Waals surface area contributed by atoms with E-state index in [9.17, 15) is 9.59 Å². The van der Waals surface area contributed by atoms with Crippen LogP contribution in [0.4, 0.5) is 0 Å². The molecule has 2 rings (SSSR count). The SMILES string of the molecule is COc1ccc(C(=O)N2CCCC2=O)cc1Br. The van der Waals surface area contributed by atoms with Crippen LogP contribution in [0.15, 0.2) is 22.7 Å². The zero-order chi connectivity index (χ0) is 12.4. The minimum atomic E-state index is -0.240. The van der Waals surface area contributed by atoms with Gasteiger partial charge >= 0.3 is 0 Å². The van der Waals surface area contributed by atoms with E-state index in [2.05, 4.69) is 15.9 Å². The molecule has 5 heteroatoms. The van der Waals surface area contributed by atoms with Crippen molar-refractivity contribution < 1.29 is 14.3 Å². The van der Waals surface area contributed by atoms with Crippen molar-refractivity contribution in [2.24, 2.45) is 0 Å². The molecule has 0 aliphatic carbocycles. The molecule has 17 heavy (non-hydrogen) atoms. The third-order valence-electron chi connectivity index (χ3n) is 2.72. The highest BCUT2D eigenvalue weighted by Crippen LogP contribution is 2.26. The summed E-state index contributed by atoms with van der Waals surface area (Å²) < 4.78 is 5.79. The van der Waals surface area contributed by atoms with Gasteiger partial charge in [-0.1, -0.05) is 0 Å². The van der Waals surface area contributed by atoms with Gasteiger partial charge in [0.2, 0.25) is 5.91 Å². The molecule has 0 radical (unpaired) electrons. The van der Waals surface area contributed by atoms with Gasteiger partial charge in [-0.25, -0.2) is 0 Å². The molecule has 1 aliphatic heterocycles. The van der Waals surface area contributed by atoms with Crippen LogP contribution in [0.1, 0.15) is 23.2 Å². The molecular weight excluding hydrogens is 286 g/mol. The van der Waals surface area contributed by atoms with Crippen molar-refractivity contribution >= 4 is 27.7 Å². The highest BCUT2D eigenvalue weighted by molar-refractivity contribution is 9.10. The summed E-state index contributed by atoms with van der Waals surface area (Å²) in [4.78, 5) is 24.8. The lowest BCUT2D eigenvalue weighted by Crippen LogP contribution is -2.31. The van der Waals surface area contributed by atoms with Gasteiger partial charge in [-0.2, -0.15) is 0 Å². The maximum absolute atomic E-state index is 12.1. The number of hydrogen-bond acceptors (Lipinski definition) is 3. The number of carbonyl (C=O) groups excluding carboxylic acids is 2. The Bertz CT molecular complexity index is 473. The van der Waals surface area contributed by atoms with Crippen LogP contribution in [0.3, 0.4) is 0 Å². The van der Waals surface area contributed by atoms with Gasteiger partial charge in [-0.15, -0.1) is 0 Å². The van der Waals surface area contributed by atoms with E-state index in [0.29, 0.717) is 28.8 Å². The average molecular weight is 298 g/mol. The Hall–Kier alpha value is -1.36. The molecule has 0 N–H and O–H groups in total. The summed E-state index contributed by atoms with van der Waals surface area (Å²) in [6, 6.07) is 5.04. The van der Waals surface area contributed by atoms with Crippen LogP contribution >= 0.6 is 15.9 Å². The molecular formula is C12H12BrNO3. The number of nitrogens with zero attached hydrogens (tertiary/aromatic N) is 1. The normalized spacial score (nSPS) is 15.2. The number of amides is 2. The van der Waals surface area contributed by atoms with Crippen molar-refractivity contribution in [2.45, 2.75) is 12.8 Å². The van der Waals surface area contributed by atoms with Gasteiger partial charge in [0.15, 0.2) is 0 Å². The monoisotopic (exact) mass is 297 g/mol. The predicted octanol–water partition coefficient (Wildman–Crippen LogP) is 2.22. The second kappa shape index (κ2) is 4.87. The lowest BCUT2D eigenvalue weighted by atomic mass is 10.2. The van der Waals surface area contributed by atoms with Gasteiger partial charge in [0.25, 0.3) is 5.91 Å². The number of halogens is 1. The first kappa shape index (κ1) is 12.1. The third-order valence-corrected chi connectivity index (χ3v) is 3.34. The summed E-state index contributed by atoms with van der Waals surface area (Å²) in [6.07, 6.45) is 1.21. The zero-order valence-electron chi connectivity index (χ0n) is 9.40. The van der Waals surface area contributed by atoms with Crippen molar-refractivity contribution in [3.8, 4) is 5.75 Å². The van der Waals surface area contributed by atoms with Crippen LogP contribution in [0.2, 0.25) is 0 Å². The summed E-state index contributed by atoms with van der Waals surface area (Å²) >= 11 is 3.32. The van der Waals surface area contributed by atoms with E-state index in [1.165, 1.54) is 4.90 Å². The van der Waals surface area contributed by atoms with Crippen LogP contribution in [0, 0.1) is 0 Å². The molecule has 1 heterocycles. The fraction of sp³-hybridized carbons (Fsp3) is 0.333. The van der Waals surface area contributed by atoms with Crippen LogP contribution in [0.5, 0.6) is 5.75 Å². The van der Waals surface area contributed by atoms with Crippen molar-refractivity contribution in [3.63, 3.8) is 0 Å². The summed E-state index contributed by atoms with van der Waals surface area (Å²) in [7, 11) is 1.56. The molecule has 0 aromatic heterocycles. The minimum absolute atomic E-state index is 0.0954. The Balaban J connectivity index is 2.25. The minimum Gasteiger partial charge on any atom is -0.496 e. The number of carbonyl (C=O) groups is 2. The maximum atomic E-state index is 12.1. The van der Waals surface area contributed by atoms with E-state index >= 15 is 0 Å². The van der Waals surface area contributed by atoms with Crippen molar-refractivity contribution in [2.75, 3.05) is 13.7 Å². The summed E-state index contributed by atoms with van der Waals surface area (Å²) in [6.45, 7) is 0.515. The Morgan fingerprint density at radius 1 is 1.47 bits per heavy atom. The molecule has 0 atom stereocenters. The van der Waals surface area contributed by atoms with E-state index < -0.39 is 0 Å². The molecule has 1 aromatic rings. The van der Waals surface area contributed by atoms with Crippen LogP contribution in [-0.4, -0.2) is 30.4 Å².